The summed E-state index contributed by atoms with van der Waals surface area (Å²) >= 11 is 0. The minimum Gasteiger partial charge on any atom is -0.497 e. The highest BCUT2D eigenvalue weighted by molar-refractivity contribution is 5.75. The molecule has 198 valence electrons. The molecule has 0 unspecified atom stereocenters. The van der Waals surface area contributed by atoms with Crippen molar-refractivity contribution in [3.63, 3.8) is 0 Å². The van der Waals surface area contributed by atoms with Gasteiger partial charge in [0, 0.05) is 12.5 Å². The van der Waals surface area contributed by atoms with E-state index in [4.69, 9.17) is 14.2 Å². The Labute approximate surface area is 214 Å². The first kappa shape index (κ1) is 27.9. The van der Waals surface area contributed by atoms with Gasteiger partial charge < -0.3 is 24.3 Å². The molecular formula is C28H30F3NO5. The van der Waals surface area contributed by atoms with Crippen LogP contribution in [0.1, 0.15) is 23.5 Å². The molecule has 3 aromatic rings. The molecule has 3 rings (SSSR count). The van der Waals surface area contributed by atoms with Crippen LogP contribution in [0.3, 0.4) is 0 Å². The van der Waals surface area contributed by atoms with E-state index < -0.39 is 18.2 Å². The fraction of sp³-hybridized carbons (Fsp3) is 0.321. The van der Waals surface area contributed by atoms with E-state index >= 15 is 0 Å². The lowest BCUT2D eigenvalue weighted by Gasteiger charge is -2.22. The lowest BCUT2D eigenvalue weighted by molar-refractivity contribution is -0.205. The second-order valence-corrected chi connectivity index (χ2v) is 8.24. The molecule has 1 N–H and O–H groups in total. The van der Waals surface area contributed by atoms with Gasteiger partial charge in [-0.25, -0.2) is 4.79 Å². The Morgan fingerprint density at radius 1 is 0.811 bits per heavy atom. The summed E-state index contributed by atoms with van der Waals surface area (Å²) in [5.74, 6) is -0.299. The number of alkyl halides is 3. The first-order valence-corrected chi connectivity index (χ1v) is 11.7. The van der Waals surface area contributed by atoms with Crippen LogP contribution in [0, 0.1) is 0 Å². The maximum absolute atomic E-state index is 12.8. The molecule has 0 aliphatic heterocycles. The Balaban J connectivity index is 1.65. The Bertz CT molecular complexity index is 1040. The fourth-order valence-corrected chi connectivity index (χ4v) is 3.77. The zero-order chi connectivity index (χ0) is 26.7. The van der Waals surface area contributed by atoms with E-state index in [1.54, 1.807) is 44.6 Å². The van der Waals surface area contributed by atoms with E-state index in [1.165, 1.54) is 0 Å². The van der Waals surface area contributed by atoms with Gasteiger partial charge in [-0.05, 0) is 60.5 Å². The van der Waals surface area contributed by atoms with Gasteiger partial charge in [-0.2, -0.15) is 13.2 Å². The summed E-state index contributed by atoms with van der Waals surface area (Å²) in [6.45, 7) is 0.222. The van der Waals surface area contributed by atoms with Crippen molar-refractivity contribution in [1.29, 1.82) is 0 Å². The molecule has 0 aliphatic rings. The van der Waals surface area contributed by atoms with E-state index in [9.17, 15) is 18.0 Å². The van der Waals surface area contributed by atoms with Gasteiger partial charge in [-0.3, -0.25) is 0 Å². The molecular weight excluding hydrogens is 487 g/mol. The van der Waals surface area contributed by atoms with Crippen molar-refractivity contribution in [3.8, 4) is 17.2 Å². The number of benzene rings is 3. The number of hydrogen-bond donors (Lipinski definition) is 1. The largest absolute Gasteiger partial charge is 0.497 e. The summed E-state index contributed by atoms with van der Waals surface area (Å²) < 4.78 is 59.1. The molecule has 0 saturated carbocycles. The molecule has 0 radical (unpaired) electrons. The highest BCUT2D eigenvalue weighted by Gasteiger charge is 2.42. The normalized spacial score (nSPS) is 12.2. The van der Waals surface area contributed by atoms with Gasteiger partial charge in [-0.15, -0.1) is 0 Å². The third kappa shape index (κ3) is 8.71. The number of hydrogen-bond acceptors (Lipinski definition) is 6. The number of para-hydroxylation sites is 1. The van der Waals surface area contributed by atoms with Crippen LogP contribution in [-0.2, 0) is 9.53 Å². The molecule has 0 saturated heterocycles. The monoisotopic (exact) mass is 517 g/mol. The van der Waals surface area contributed by atoms with Crippen LogP contribution in [0.2, 0.25) is 0 Å². The summed E-state index contributed by atoms with van der Waals surface area (Å²) in [5, 5.41) is 3.12. The number of esters is 1. The lowest BCUT2D eigenvalue weighted by Crippen LogP contribution is -2.39. The van der Waals surface area contributed by atoms with Crippen LogP contribution < -0.4 is 19.5 Å². The average Bonchev–Trinajstić information content (AvgIpc) is 2.92. The maximum Gasteiger partial charge on any atom is 0.490 e. The minimum absolute atomic E-state index is 0.000978. The highest BCUT2D eigenvalue weighted by atomic mass is 19.4. The van der Waals surface area contributed by atoms with Crippen molar-refractivity contribution >= 4 is 5.97 Å². The van der Waals surface area contributed by atoms with Gasteiger partial charge in [0.25, 0.3) is 0 Å². The molecule has 0 aliphatic carbocycles. The van der Waals surface area contributed by atoms with Crippen molar-refractivity contribution in [2.75, 3.05) is 33.9 Å². The van der Waals surface area contributed by atoms with Gasteiger partial charge in [-0.1, -0.05) is 42.5 Å². The predicted octanol–water partition coefficient (Wildman–Crippen LogP) is 5.37. The number of halogens is 3. The van der Waals surface area contributed by atoms with Crippen molar-refractivity contribution in [1.82, 2.24) is 5.32 Å². The summed E-state index contributed by atoms with van der Waals surface area (Å²) in [5.41, 5.74) is 2.11. The highest BCUT2D eigenvalue weighted by Crippen LogP contribution is 2.30. The first-order chi connectivity index (χ1) is 17.8. The molecule has 0 heterocycles. The number of rotatable bonds is 13. The number of ether oxygens (including phenoxy) is 4. The maximum atomic E-state index is 12.8. The number of nitrogens with one attached hydrogen (secondary N) is 1. The number of carbonyl (C=O) groups is 1. The molecule has 0 fully saturated rings. The number of methoxy groups -OCH3 is 2. The molecule has 1 atom stereocenters. The molecule has 37 heavy (non-hydrogen) atoms. The van der Waals surface area contributed by atoms with Gasteiger partial charge in [0.05, 0.1) is 14.2 Å². The van der Waals surface area contributed by atoms with Crippen molar-refractivity contribution in [3.05, 3.63) is 90.0 Å². The predicted molar refractivity (Wildman–Crippen MR) is 133 cm³/mol. The first-order valence-electron chi connectivity index (χ1n) is 11.7. The zero-order valence-corrected chi connectivity index (χ0v) is 20.7. The second kappa shape index (κ2) is 13.5. The van der Waals surface area contributed by atoms with Crippen molar-refractivity contribution in [2.24, 2.45) is 0 Å². The van der Waals surface area contributed by atoms with Crippen LogP contribution in [0.4, 0.5) is 13.2 Å². The summed E-state index contributed by atoms with van der Waals surface area (Å²) in [6.07, 6.45) is -5.58. The van der Waals surface area contributed by atoms with Gasteiger partial charge in [0.2, 0.25) is 0 Å². The third-order valence-corrected chi connectivity index (χ3v) is 5.70. The van der Waals surface area contributed by atoms with E-state index in [0.29, 0.717) is 18.7 Å². The summed E-state index contributed by atoms with van der Waals surface area (Å²) in [4.78, 5) is 11.5. The lowest BCUT2D eigenvalue weighted by atomic mass is 9.88. The quantitative estimate of drug-likeness (QED) is 0.243. The SMILES string of the molecule is COc1ccc(C(CCNC[C@@H](COc2ccccc2)OC(=O)C(F)(F)F)c2ccc(OC)cc2)cc1. The van der Waals surface area contributed by atoms with Crippen LogP contribution in [0.5, 0.6) is 17.2 Å². The van der Waals surface area contributed by atoms with Gasteiger partial charge in [0.1, 0.15) is 30.0 Å². The molecule has 0 aromatic heterocycles. The Morgan fingerprint density at radius 3 is 1.84 bits per heavy atom. The smallest absolute Gasteiger partial charge is 0.490 e. The van der Waals surface area contributed by atoms with Crippen LogP contribution in [-0.4, -0.2) is 52.2 Å². The third-order valence-electron chi connectivity index (χ3n) is 5.70. The summed E-state index contributed by atoms with van der Waals surface area (Å²) in [7, 11) is 3.20. The summed E-state index contributed by atoms with van der Waals surface area (Å²) in [6, 6.07) is 24.1. The number of carbonyl (C=O) groups excluding carboxylic acids is 1. The van der Waals surface area contributed by atoms with Crippen LogP contribution >= 0.6 is 0 Å². The Kier molecular flexibility index (Phi) is 10.2. The fourth-order valence-electron chi connectivity index (χ4n) is 3.77. The van der Waals surface area contributed by atoms with Crippen molar-refractivity contribution in [2.45, 2.75) is 24.6 Å². The molecule has 0 amide bonds. The molecule has 3 aromatic carbocycles. The molecule has 6 nitrogen and oxygen atoms in total. The second-order valence-electron chi connectivity index (χ2n) is 8.24. The van der Waals surface area contributed by atoms with Gasteiger partial charge >= 0.3 is 12.1 Å². The van der Waals surface area contributed by atoms with Crippen LogP contribution in [0.15, 0.2) is 78.9 Å². The van der Waals surface area contributed by atoms with Crippen molar-refractivity contribution < 1.29 is 36.9 Å². The van der Waals surface area contributed by atoms with E-state index in [1.807, 2.05) is 48.5 Å². The Hall–Kier alpha value is -3.72. The minimum atomic E-state index is -5.08. The molecule has 9 heteroatoms. The zero-order valence-electron chi connectivity index (χ0n) is 20.7. The van der Waals surface area contributed by atoms with E-state index in [-0.39, 0.29) is 19.1 Å². The molecule has 0 bridgehead atoms. The van der Waals surface area contributed by atoms with E-state index in [0.717, 1.165) is 22.6 Å². The van der Waals surface area contributed by atoms with Crippen LogP contribution in [0.25, 0.3) is 0 Å². The molecule has 0 spiro atoms. The topological polar surface area (TPSA) is 66.0 Å². The Morgan fingerprint density at radius 2 is 1.35 bits per heavy atom. The average molecular weight is 518 g/mol. The van der Waals surface area contributed by atoms with E-state index in [2.05, 4.69) is 10.1 Å². The van der Waals surface area contributed by atoms with Gasteiger partial charge in [0.15, 0.2) is 0 Å². The standard InChI is InChI=1S/C28H30F3NO5/c1-34-22-12-8-20(9-13-22)26(21-10-14-23(35-2)15-11-21)16-17-32-18-25(37-27(33)28(29,30)31)19-36-24-6-4-3-5-7-24/h3-15,25-26,32H,16-19H2,1-2H3/t25-/m0/s1.